The van der Waals surface area contributed by atoms with Gasteiger partial charge in [0, 0.05) is 24.9 Å². The zero-order chi connectivity index (χ0) is 16.5. The molecule has 0 spiro atoms. The molecule has 0 bridgehead atoms. The van der Waals surface area contributed by atoms with Crippen molar-refractivity contribution in [3.8, 4) is 0 Å². The molecule has 1 aromatic carbocycles. The Labute approximate surface area is 142 Å². The first-order valence-electron chi connectivity index (χ1n) is 9.02. The van der Waals surface area contributed by atoms with Gasteiger partial charge in [-0.15, -0.1) is 0 Å². The summed E-state index contributed by atoms with van der Waals surface area (Å²) in [7, 11) is 0. The molecule has 1 heterocycles. The van der Waals surface area contributed by atoms with E-state index in [-0.39, 0.29) is 11.8 Å². The molecule has 0 aromatic heterocycles. The van der Waals surface area contributed by atoms with Gasteiger partial charge < -0.3 is 4.90 Å². The number of carbonyl (C=O) groups excluding carboxylic acids is 2. The molecule has 2 amide bonds. The first kappa shape index (κ1) is 15.4. The van der Waals surface area contributed by atoms with Gasteiger partial charge in [0.2, 0.25) is 5.91 Å². The van der Waals surface area contributed by atoms with E-state index < -0.39 is 0 Å². The minimum atomic E-state index is -0.0448. The molecule has 1 aliphatic heterocycles. The van der Waals surface area contributed by atoms with Gasteiger partial charge >= 0.3 is 0 Å². The highest BCUT2D eigenvalue weighted by Gasteiger charge is 2.40. The highest BCUT2D eigenvalue weighted by Crippen LogP contribution is 2.35. The van der Waals surface area contributed by atoms with E-state index in [1.165, 1.54) is 17.9 Å². The van der Waals surface area contributed by atoms with Crippen LogP contribution in [0.5, 0.6) is 0 Å². The number of anilines is 1. The van der Waals surface area contributed by atoms with Crippen LogP contribution in [0.15, 0.2) is 35.4 Å². The predicted octanol–water partition coefficient (Wildman–Crippen LogP) is 3.10. The number of hydrogen-bond acceptors (Lipinski definition) is 3. The monoisotopic (exact) mass is 325 g/mol. The molecule has 0 atom stereocenters. The minimum absolute atomic E-state index is 0.0448. The molecule has 1 aromatic rings. The Hall–Kier alpha value is -2.17. The van der Waals surface area contributed by atoms with Crippen LogP contribution in [0, 0.1) is 0 Å². The summed E-state index contributed by atoms with van der Waals surface area (Å²) in [6, 6.07) is 10.1. The number of nitrogens with zero attached hydrogens (tertiary/aromatic N) is 3. The smallest absolute Gasteiger partial charge is 0.270 e. The van der Waals surface area contributed by atoms with Crippen LogP contribution in [0.25, 0.3) is 0 Å². The van der Waals surface area contributed by atoms with Crippen molar-refractivity contribution in [1.82, 2.24) is 4.90 Å². The molecule has 0 saturated heterocycles. The number of carbonyl (C=O) groups is 2. The quantitative estimate of drug-likeness (QED) is 0.854. The van der Waals surface area contributed by atoms with Gasteiger partial charge in [-0.1, -0.05) is 31.0 Å². The standard InChI is InChI=1S/C19H23N3O2/c23-18-13-12-17(20-22(18)16-8-2-1-3-9-16)19(24)21(15-10-11-15)14-6-4-5-7-14/h1-3,8-9,14-15H,4-7,10-13H2. The molecule has 5 heteroatoms. The molecule has 5 nitrogen and oxygen atoms in total. The van der Waals surface area contributed by atoms with E-state index in [0.717, 1.165) is 31.4 Å². The van der Waals surface area contributed by atoms with Gasteiger partial charge in [0.15, 0.2) is 0 Å². The Morgan fingerprint density at radius 1 is 1.00 bits per heavy atom. The van der Waals surface area contributed by atoms with E-state index in [1.807, 2.05) is 30.3 Å². The average molecular weight is 325 g/mol. The second kappa shape index (κ2) is 6.38. The predicted molar refractivity (Wildman–Crippen MR) is 92.7 cm³/mol. The summed E-state index contributed by atoms with van der Waals surface area (Å²) in [6.07, 6.45) is 7.66. The van der Waals surface area contributed by atoms with Gasteiger partial charge in [-0.3, -0.25) is 9.59 Å². The maximum atomic E-state index is 13.1. The number of para-hydroxylation sites is 1. The third kappa shape index (κ3) is 2.95. The van der Waals surface area contributed by atoms with Crippen molar-refractivity contribution >= 4 is 23.2 Å². The summed E-state index contributed by atoms with van der Waals surface area (Å²) in [4.78, 5) is 27.4. The third-order valence-electron chi connectivity index (χ3n) is 5.17. The summed E-state index contributed by atoms with van der Waals surface area (Å²) in [5.41, 5.74) is 1.27. The molecule has 0 N–H and O–H groups in total. The van der Waals surface area contributed by atoms with Crippen LogP contribution in [0.2, 0.25) is 0 Å². The molecular formula is C19H23N3O2. The van der Waals surface area contributed by atoms with Crippen molar-refractivity contribution in [3.63, 3.8) is 0 Å². The number of benzene rings is 1. The Balaban J connectivity index is 1.59. The molecule has 2 fully saturated rings. The molecule has 2 saturated carbocycles. The first-order chi connectivity index (χ1) is 11.7. The summed E-state index contributed by atoms with van der Waals surface area (Å²) < 4.78 is 0. The van der Waals surface area contributed by atoms with E-state index in [9.17, 15) is 9.59 Å². The van der Waals surface area contributed by atoms with E-state index in [4.69, 9.17) is 0 Å². The Bertz CT molecular complexity index is 660. The number of rotatable bonds is 4. The van der Waals surface area contributed by atoms with Crippen LogP contribution in [0.3, 0.4) is 0 Å². The zero-order valence-corrected chi connectivity index (χ0v) is 13.9. The fraction of sp³-hybridized carbons (Fsp3) is 0.526. The highest BCUT2D eigenvalue weighted by molar-refractivity contribution is 6.40. The highest BCUT2D eigenvalue weighted by atomic mass is 16.2. The van der Waals surface area contributed by atoms with E-state index in [2.05, 4.69) is 10.0 Å². The van der Waals surface area contributed by atoms with Gasteiger partial charge in [-0.2, -0.15) is 5.10 Å². The summed E-state index contributed by atoms with van der Waals surface area (Å²) in [5.74, 6) is 0.00872. The van der Waals surface area contributed by atoms with Crippen molar-refractivity contribution < 1.29 is 9.59 Å². The number of hydrazone groups is 1. The Kier molecular flexibility index (Phi) is 4.08. The van der Waals surface area contributed by atoms with Crippen LogP contribution in [0.1, 0.15) is 51.4 Å². The molecule has 2 aliphatic carbocycles. The number of hydrogen-bond donors (Lipinski definition) is 0. The molecule has 126 valence electrons. The average Bonchev–Trinajstić information content (AvgIpc) is 3.30. The van der Waals surface area contributed by atoms with Crippen molar-refractivity contribution in [2.24, 2.45) is 5.10 Å². The molecule has 3 aliphatic rings. The number of amides is 2. The maximum absolute atomic E-state index is 13.1. The second-order valence-electron chi connectivity index (χ2n) is 6.97. The van der Waals surface area contributed by atoms with Crippen molar-refractivity contribution in [2.45, 2.75) is 63.5 Å². The molecule has 4 rings (SSSR count). The van der Waals surface area contributed by atoms with Crippen LogP contribution in [0.4, 0.5) is 5.69 Å². The van der Waals surface area contributed by atoms with Crippen molar-refractivity contribution in [1.29, 1.82) is 0 Å². The van der Waals surface area contributed by atoms with Crippen LogP contribution >= 0.6 is 0 Å². The van der Waals surface area contributed by atoms with E-state index in [1.54, 1.807) is 0 Å². The topological polar surface area (TPSA) is 53.0 Å². The Morgan fingerprint density at radius 2 is 1.67 bits per heavy atom. The lowest BCUT2D eigenvalue weighted by Gasteiger charge is -2.31. The lowest BCUT2D eigenvalue weighted by atomic mass is 10.1. The Morgan fingerprint density at radius 3 is 2.33 bits per heavy atom. The lowest BCUT2D eigenvalue weighted by Crippen LogP contribution is -2.46. The first-order valence-corrected chi connectivity index (χ1v) is 9.02. The molecule has 0 radical (unpaired) electrons. The normalized spacial score (nSPS) is 21.8. The summed E-state index contributed by atoms with van der Waals surface area (Å²) in [6.45, 7) is 0. The van der Waals surface area contributed by atoms with E-state index >= 15 is 0 Å². The lowest BCUT2D eigenvalue weighted by molar-refractivity contribution is -0.127. The summed E-state index contributed by atoms with van der Waals surface area (Å²) in [5, 5.41) is 5.84. The van der Waals surface area contributed by atoms with Gasteiger partial charge in [0.25, 0.3) is 5.91 Å². The zero-order valence-electron chi connectivity index (χ0n) is 13.9. The van der Waals surface area contributed by atoms with E-state index in [0.29, 0.717) is 30.6 Å². The largest absolute Gasteiger partial charge is 0.332 e. The molecule has 0 unspecified atom stereocenters. The molecule has 24 heavy (non-hydrogen) atoms. The fourth-order valence-electron chi connectivity index (χ4n) is 3.79. The van der Waals surface area contributed by atoms with Crippen LogP contribution in [-0.2, 0) is 9.59 Å². The van der Waals surface area contributed by atoms with Gasteiger partial charge in [-0.05, 0) is 37.8 Å². The maximum Gasteiger partial charge on any atom is 0.270 e. The summed E-state index contributed by atoms with van der Waals surface area (Å²) >= 11 is 0. The fourth-order valence-corrected chi connectivity index (χ4v) is 3.79. The molecular weight excluding hydrogens is 302 g/mol. The van der Waals surface area contributed by atoms with Crippen LogP contribution < -0.4 is 5.01 Å². The third-order valence-corrected chi connectivity index (χ3v) is 5.17. The van der Waals surface area contributed by atoms with Crippen molar-refractivity contribution in [2.75, 3.05) is 5.01 Å². The van der Waals surface area contributed by atoms with Crippen molar-refractivity contribution in [3.05, 3.63) is 30.3 Å². The van der Waals surface area contributed by atoms with Gasteiger partial charge in [0.1, 0.15) is 5.71 Å². The van der Waals surface area contributed by atoms with Gasteiger partial charge in [-0.25, -0.2) is 5.01 Å². The van der Waals surface area contributed by atoms with Gasteiger partial charge in [0.05, 0.1) is 5.69 Å². The SMILES string of the molecule is O=C1CCC(C(=O)N(C2CCCC2)C2CC2)=NN1c1ccccc1. The second-order valence-corrected chi connectivity index (χ2v) is 6.97. The van der Waals surface area contributed by atoms with Crippen LogP contribution in [-0.4, -0.2) is 34.5 Å². The minimum Gasteiger partial charge on any atom is -0.332 e.